The number of esters is 1. The minimum atomic E-state index is -0.939. The largest absolute Gasteiger partial charge is 0.447 e. The lowest BCUT2D eigenvalue weighted by Gasteiger charge is -2.23. The molecule has 4 rings (SSSR count). The molecule has 0 spiro atoms. The van der Waals surface area contributed by atoms with E-state index in [2.05, 4.69) is 15.1 Å². The molecule has 0 bridgehead atoms. The normalized spacial score (nSPS) is 14.9. The SMILES string of the molecule is Cc1nc2ncnn2c(C)c1CC(=O)O[C@H](C(=O)N1CCCC1)c1ccccc1. The van der Waals surface area contributed by atoms with Crippen molar-refractivity contribution in [1.29, 1.82) is 0 Å². The number of rotatable bonds is 5. The summed E-state index contributed by atoms with van der Waals surface area (Å²) in [7, 11) is 0. The molecule has 2 aromatic heterocycles. The van der Waals surface area contributed by atoms with Crippen molar-refractivity contribution in [2.24, 2.45) is 0 Å². The number of likely N-dealkylation sites (tertiary alicyclic amines) is 1. The number of aromatic nitrogens is 4. The molecule has 8 nitrogen and oxygen atoms in total. The predicted octanol–water partition coefficient (Wildman–Crippen LogP) is 2.19. The Morgan fingerprint density at radius 1 is 1.14 bits per heavy atom. The van der Waals surface area contributed by atoms with E-state index in [9.17, 15) is 9.59 Å². The van der Waals surface area contributed by atoms with Gasteiger partial charge in [0.15, 0.2) is 0 Å². The van der Waals surface area contributed by atoms with Crippen LogP contribution in [0.25, 0.3) is 5.78 Å². The fraction of sp³-hybridized carbons (Fsp3) is 0.381. The molecule has 0 unspecified atom stereocenters. The van der Waals surface area contributed by atoms with Gasteiger partial charge in [-0.05, 0) is 26.7 Å². The van der Waals surface area contributed by atoms with Gasteiger partial charge in [0, 0.05) is 35.6 Å². The molecule has 1 aliphatic heterocycles. The lowest BCUT2D eigenvalue weighted by molar-refractivity contribution is -0.160. The summed E-state index contributed by atoms with van der Waals surface area (Å²) in [5, 5.41) is 4.15. The van der Waals surface area contributed by atoms with E-state index < -0.39 is 12.1 Å². The first kappa shape index (κ1) is 19.0. The number of ether oxygens (including phenoxy) is 1. The van der Waals surface area contributed by atoms with Crippen LogP contribution >= 0.6 is 0 Å². The number of carbonyl (C=O) groups is 2. The van der Waals surface area contributed by atoms with Crippen molar-refractivity contribution >= 4 is 17.7 Å². The summed E-state index contributed by atoms with van der Waals surface area (Å²) >= 11 is 0. The Hall–Kier alpha value is -3.29. The number of nitrogens with zero attached hydrogens (tertiary/aromatic N) is 5. The fourth-order valence-corrected chi connectivity index (χ4v) is 3.72. The standard InChI is InChI=1S/C21H23N5O3/c1-14-17(15(2)26-21(24-14)22-13-23-26)12-18(27)29-19(16-8-4-3-5-9-16)20(28)25-10-6-7-11-25/h3-5,8-9,13,19H,6-7,10-12H2,1-2H3/t19-/m0/s1. The number of aryl methyl sites for hydroxylation is 2. The zero-order valence-corrected chi connectivity index (χ0v) is 16.5. The van der Waals surface area contributed by atoms with Crippen molar-refractivity contribution in [1.82, 2.24) is 24.5 Å². The van der Waals surface area contributed by atoms with Crippen LogP contribution < -0.4 is 0 Å². The minimum Gasteiger partial charge on any atom is -0.447 e. The summed E-state index contributed by atoms with van der Waals surface area (Å²) in [4.78, 5) is 36.1. The monoisotopic (exact) mass is 393 g/mol. The van der Waals surface area contributed by atoms with Crippen molar-refractivity contribution in [3.63, 3.8) is 0 Å². The van der Waals surface area contributed by atoms with E-state index in [1.54, 1.807) is 9.42 Å². The number of benzene rings is 1. The third-order valence-electron chi connectivity index (χ3n) is 5.30. The topological polar surface area (TPSA) is 89.7 Å². The maximum Gasteiger partial charge on any atom is 0.311 e. The first-order valence-corrected chi connectivity index (χ1v) is 9.73. The molecule has 150 valence electrons. The van der Waals surface area contributed by atoms with Gasteiger partial charge in [-0.3, -0.25) is 9.59 Å². The molecule has 1 amide bonds. The van der Waals surface area contributed by atoms with E-state index in [-0.39, 0.29) is 12.3 Å². The van der Waals surface area contributed by atoms with Crippen molar-refractivity contribution < 1.29 is 14.3 Å². The van der Waals surface area contributed by atoms with Crippen molar-refractivity contribution in [3.05, 3.63) is 59.2 Å². The Morgan fingerprint density at radius 3 is 2.59 bits per heavy atom. The number of amides is 1. The van der Waals surface area contributed by atoms with Crippen LogP contribution in [0.3, 0.4) is 0 Å². The number of hydrogen-bond acceptors (Lipinski definition) is 6. The second kappa shape index (κ2) is 7.98. The summed E-state index contributed by atoms with van der Waals surface area (Å²) in [6, 6.07) is 9.17. The van der Waals surface area contributed by atoms with Crippen LogP contribution in [-0.2, 0) is 20.7 Å². The Kier molecular flexibility index (Phi) is 5.24. The molecule has 0 saturated carbocycles. The molecule has 1 atom stereocenters. The fourth-order valence-electron chi connectivity index (χ4n) is 3.72. The summed E-state index contributed by atoms with van der Waals surface area (Å²) < 4.78 is 7.31. The lowest BCUT2D eigenvalue weighted by atomic mass is 10.1. The van der Waals surface area contributed by atoms with E-state index in [1.165, 1.54) is 6.33 Å². The maximum absolute atomic E-state index is 13.0. The van der Waals surface area contributed by atoms with Crippen molar-refractivity contribution in [2.75, 3.05) is 13.1 Å². The van der Waals surface area contributed by atoms with Crippen LogP contribution in [0.2, 0.25) is 0 Å². The molecule has 1 aromatic carbocycles. The van der Waals surface area contributed by atoms with E-state index in [0.717, 1.165) is 24.1 Å². The molecule has 29 heavy (non-hydrogen) atoms. The molecule has 0 radical (unpaired) electrons. The van der Waals surface area contributed by atoms with Gasteiger partial charge in [-0.1, -0.05) is 30.3 Å². The van der Waals surface area contributed by atoms with Crippen LogP contribution in [0.15, 0.2) is 36.7 Å². The molecular weight excluding hydrogens is 370 g/mol. The second-order valence-corrected chi connectivity index (χ2v) is 7.22. The summed E-state index contributed by atoms with van der Waals surface area (Å²) in [6.45, 7) is 5.09. The lowest BCUT2D eigenvalue weighted by Crippen LogP contribution is -2.35. The third-order valence-corrected chi connectivity index (χ3v) is 5.30. The van der Waals surface area contributed by atoms with Gasteiger partial charge in [0.25, 0.3) is 11.7 Å². The van der Waals surface area contributed by atoms with Gasteiger partial charge in [-0.2, -0.15) is 10.1 Å². The Bertz CT molecular complexity index is 1040. The van der Waals surface area contributed by atoms with Gasteiger partial charge >= 0.3 is 5.97 Å². The third kappa shape index (κ3) is 3.83. The van der Waals surface area contributed by atoms with Gasteiger partial charge in [-0.15, -0.1) is 0 Å². The zero-order chi connectivity index (χ0) is 20.4. The van der Waals surface area contributed by atoms with Crippen LogP contribution in [0, 0.1) is 13.8 Å². The van der Waals surface area contributed by atoms with Crippen LogP contribution in [0.1, 0.15) is 41.5 Å². The summed E-state index contributed by atoms with van der Waals surface area (Å²) in [5.41, 5.74) is 2.88. The molecule has 0 N–H and O–H groups in total. The Labute approximate surface area is 168 Å². The average molecular weight is 393 g/mol. The van der Waals surface area contributed by atoms with Crippen LogP contribution in [0.5, 0.6) is 0 Å². The van der Waals surface area contributed by atoms with E-state index in [4.69, 9.17) is 4.74 Å². The number of hydrogen-bond donors (Lipinski definition) is 0. The molecule has 1 aliphatic rings. The van der Waals surface area contributed by atoms with Gasteiger partial charge in [0.05, 0.1) is 6.42 Å². The highest BCUT2D eigenvalue weighted by Gasteiger charge is 2.31. The zero-order valence-electron chi connectivity index (χ0n) is 16.5. The molecule has 3 aromatic rings. The Balaban J connectivity index is 1.57. The van der Waals surface area contributed by atoms with E-state index in [1.807, 2.05) is 44.2 Å². The van der Waals surface area contributed by atoms with E-state index >= 15 is 0 Å². The highest BCUT2D eigenvalue weighted by atomic mass is 16.5. The molecular formula is C21H23N5O3. The molecule has 1 fully saturated rings. The second-order valence-electron chi connectivity index (χ2n) is 7.22. The quantitative estimate of drug-likeness (QED) is 0.617. The minimum absolute atomic E-state index is 0.0110. The first-order chi connectivity index (χ1) is 14.0. The number of fused-ring (bicyclic) bond motifs is 1. The maximum atomic E-state index is 13.0. The van der Waals surface area contributed by atoms with Gasteiger partial charge in [-0.25, -0.2) is 9.50 Å². The summed E-state index contributed by atoms with van der Waals surface area (Å²) in [6.07, 6.45) is 2.45. The smallest absolute Gasteiger partial charge is 0.311 e. The average Bonchev–Trinajstić information content (AvgIpc) is 3.41. The predicted molar refractivity (Wildman–Crippen MR) is 105 cm³/mol. The van der Waals surface area contributed by atoms with Crippen LogP contribution in [0.4, 0.5) is 0 Å². The van der Waals surface area contributed by atoms with Gasteiger partial charge < -0.3 is 9.64 Å². The molecule has 8 heteroatoms. The van der Waals surface area contributed by atoms with Crippen molar-refractivity contribution in [3.8, 4) is 0 Å². The van der Waals surface area contributed by atoms with E-state index in [0.29, 0.717) is 30.1 Å². The first-order valence-electron chi connectivity index (χ1n) is 9.73. The Morgan fingerprint density at radius 2 is 1.86 bits per heavy atom. The number of carbonyl (C=O) groups excluding carboxylic acids is 2. The van der Waals surface area contributed by atoms with Crippen molar-refractivity contribution in [2.45, 2.75) is 39.2 Å². The highest BCUT2D eigenvalue weighted by molar-refractivity contribution is 5.85. The molecule has 3 heterocycles. The van der Waals surface area contributed by atoms with Gasteiger partial charge in [0.2, 0.25) is 6.10 Å². The molecule has 1 saturated heterocycles. The summed E-state index contributed by atoms with van der Waals surface area (Å²) in [5.74, 6) is -0.150. The van der Waals surface area contributed by atoms with Gasteiger partial charge in [0.1, 0.15) is 6.33 Å². The van der Waals surface area contributed by atoms with Crippen LogP contribution in [-0.4, -0.2) is 49.4 Å². The molecule has 0 aliphatic carbocycles. The highest BCUT2D eigenvalue weighted by Crippen LogP contribution is 2.24.